The predicted molar refractivity (Wildman–Crippen MR) is 99.1 cm³/mol. The highest BCUT2D eigenvalue weighted by Crippen LogP contribution is 2.32. The largest absolute Gasteiger partial charge is 0.359 e. The summed E-state index contributed by atoms with van der Waals surface area (Å²) in [6, 6.07) is 9.22. The minimum Gasteiger partial charge on any atom is -0.359 e. The number of nitrogens with zero attached hydrogens (tertiary/aromatic N) is 4. The van der Waals surface area contributed by atoms with Gasteiger partial charge in [0.15, 0.2) is 5.82 Å². The lowest BCUT2D eigenvalue weighted by Crippen LogP contribution is -2.33. The van der Waals surface area contributed by atoms with Gasteiger partial charge in [-0.05, 0) is 31.2 Å². The Kier molecular flexibility index (Phi) is 4.31. The lowest BCUT2D eigenvalue weighted by molar-refractivity contribution is -0.124. The molecule has 0 aliphatic carbocycles. The first-order valence-electron chi connectivity index (χ1n) is 8.81. The number of nitrogens with one attached hydrogen (secondary N) is 2. The number of carbonyl (C=O) groups is 2. The molecule has 0 radical (unpaired) electrons. The molecule has 1 aliphatic heterocycles. The fourth-order valence-electron chi connectivity index (χ4n) is 3.60. The van der Waals surface area contributed by atoms with Crippen molar-refractivity contribution in [3.8, 4) is 0 Å². The van der Waals surface area contributed by atoms with Crippen LogP contribution in [0.15, 0.2) is 36.5 Å². The quantitative estimate of drug-likeness (QED) is 0.728. The summed E-state index contributed by atoms with van der Waals surface area (Å²) in [5, 5.41) is 10.6. The van der Waals surface area contributed by atoms with Crippen LogP contribution in [0.2, 0.25) is 0 Å². The van der Waals surface area contributed by atoms with Crippen molar-refractivity contribution in [2.75, 3.05) is 20.1 Å². The summed E-state index contributed by atoms with van der Waals surface area (Å²) < 4.78 is 0. The number of pyridine rings is 1. The summed E-state index contributed by atoms with van der Waals surface area (Å²) in [5.41, 5.74) is 1.42. The van der Waals surface area contributed by atoms with E-state index >= 15 is 0 Å². The number of aromatic nitrogens is 4. The van der Waals surface area contributed by atoms with Gasteiger partial charge in [0.05, 0.1) is 17.4 Å². The maximum absolute atomic E-state index is 13.1. The van der Waals surface area contributed by atoms with Crippen molar-refractivity contribution in [2.45, 2.75) is 12.8 Å². The smallest absolute Gasteiger partial charge is 0.253 e. The summed E-state index contributed by atoms with van der Waals surface area (Å²) in [6.45, 7) is 2.55. The number of benzene rings is 1. The number of carbonyl (C=O) groups excluding carboxylic acids is 2. The number of aryl methyl sites for hydroxylation is 1. The molecule has 0 spiro atoms. The van der Waals surface area contributed by atoms with Crippen molar-refractivity contribution < 1.29 is 9.59 Å². The Hall–Kier alpha value is -3.29. The van der Waals surface area contributed by atoms with E-state index in [1.807, 2.05) is 31.2 Å². The van der Waals surface area contributed by atoms with Crippen LogP contribution in [0.4, 0.5) is 0 Å². The van der Waals surface area contributed by atoms with E-state index in [2.05, 4.69) is 25.5 Å². The third kappa shape index (κ3) is 3.14. The van der Waals surface area contributed by atoms with Gasteiger partial charge in [-0.15, -0.1) is 0 Å². The Balaban J connectivity index is 1.62. The monoisotopic (exact) mass is 364 g/mol. The minimum atomic E-state index is -0.378. The van der Waals surface area contributed by atoms with Gasteiger partial charge in [-0.2, -0.15) is 5.10 Å². The number of hydrogen-bond donors (Lipinski definition) is 2. The first kappa shape index (κ1) is 17.1. The molecule has 0 bridgehead atoms. The first-order valence-corrected chi connectivity index (χ1v) is 8.81. The number of aromatic amines is 1. The van der Waals surface area contributed by atoms with E-state index in [1.54, 1.807) is 24.2 Å². The molecule has 27 heavy (non-hydrogen) atoms. The summed E-state index contributed by atoms with van der Waals surface area (Å²) in [5.74, 6) is 0.425. The van der Waals surface area contributed by atoms with Crippen LogP contribution in [0.1, 0.15) is 27.9 Å². The van der Waals surface area contributed by atoms with Crippen molar-refractivity contribution in [3.05, 3.63) is 53.7 Å². The highest BCUT2D eigenvalue weighted by Gasteiger charge is 2.42. The number of hydrogen-bond acceptors (Lipinski definition) is 5. The van der Waals surface area contributed by atoms with Crippen LogP contribution in [0, 0.1) is 12.8 Å². The summed E-state index contributed by atoms with van der Waals surface area (Å²) in [6.07, 6.45) is 1.72. The Morgan fingerprint density at radius 2 is 2.11 bits per heavy atom. The second-order valence-electron chi connectivity index (χ2n) is 6.73. The molecule has 138 valence electrons. The molecule has 8 heteroatoms. The van der Waals surface area contributed by atoms with Crippen molar-refractivity contribution >= 4 is 22.7 Å². The third-order valence-corrected chi connectivity index (χ3v) is 4.99. The van der Waals surface area contributed by atoms with Gasteiger partial charge in [0, 0.05) is 37.3 Å². The normalized spacial score (nSPS) is 19.4. The van der Waals surface area contributed by atoms with E-state index in [4.69, 9.17) is 0 Å². The molecular formula is C19H20N6O2. The van der Waals surface area contributed by atoms with Crippen LogP contribution in [0.25, 0.3) is 10.9 Å². The molecule has 2 atom stereocenters. The van der Waals surface area contributed by atoms with Crippen LogP contribution in [0.5, 0.6) is 0 Å². The Labute approximate surface area is 156 Å². The molecule has 0 saturated carbocycles. The maximum atomic E-state index is 13.1. The molecule has 1 fully saturated rings. The zero-order valence-electron chi connectivity index (χ0n) is 15.1. The average molecular weight is 364 g/mol. The Bertz CT molecular complexity index is 1010. The summed E-state index contributed by atoms with van der Waals surface area (Å²) >= 11 is 0. The Morgan fingerprint density at radius 1 is 1.26 bits per heavy atom. The van der Waals surface area contributed by atoms with E-state index in [0.29, 0.717) is 30.3 Å². The van der Waals surface area contributed by atoms with Gasteiger partial charge in [-0.25, -0.2) is 4.98 Å². The molecule has 3 heterocycles. The van der Waals surface area contributed by atoms with Crippen molar-refractivity contribution in [3.63, 3.8) is 0 Å². The molecule has 2 N–H and O–H groups in total. The SMILES string of the molecule is CNC(=O)[C@@H]1CN(C(=O)c2ccc3ncccc3c2)C[C@H]1c1n[nH]c(C)n1. The molecule has 4 rings (SSSR count). The molecule has 0 unspecified atom stereocenters. The van der Waals surface area contributed by atoms with Crippen LogP contribution >= 0.6 is 0 Å². The molecule has 2 aromatic heterocycles. The van der Waals surface area contributed by atoms with Crippen molar-refractivity contribution in [1.82, 2.24) is 30.4 Å². The van der Waals surface area contributed by atoms with Gasteiger partial charge in [0.1, 0.15) is 5.82 Å². The van der Waals surface area contributed by atoms with Gasteiger partial charge < -0.3 is 10.2 Å². The summed E-state index contributed by atoms with van der Waals surface area (Å²) in [4.78, 5) is 35.8. The average Bonchev–Trinajstić information content (AvgIpc) is 3.32. The molecule has 3 aromatic rings. The number of H-pyrrole nitrogens is 1. The van der Waals surface area contributed by atoms with Crippen LogP contribution in [-0.4, -0.2) is 57.0 Å². The number of rotatable bonds is 3. The fraction of sp³-hybridized carbons (Fsp3) is 0.316. The van der Waals surface area contributed by atoms with Gasteiger partial charge in [0.25, 0.3) is 5.91 Å². The van der Waals surface area contributed by atoms with Crippen LogP contribution in [-0.2, 0) is 4.79 Å². The number of fused-ring (bicyclic) bond motifs is 1. The molecule has 2 amide bonds. The highest BCUT2D eigenvalue weighted by atomic mass is 16.2. The predicted octanol–water partition coefficient (Wildman–Crippen LogP) is 1.26. The van der Waals surface area contributed by atoms with E-state index in [0.717, 1.165) is 10.9 Å². The molecular weight excluding hydrogens is 344 g/mol. The van der Waals surface area contributed by atoms with Gasteiger partial charge in [0.2, 0.25) is 5.91 Å². The number of amides is 2. The molecule has 1 aliphatic rings. The zero-order valence-corrected chi connectivity index (χ0v) is 15.1. The van der Waals surface area contributed by atoms with E-state index in [1.165, 1.54) is 0 Å². The van der Waals surface area contributed by atoms with E-state index in [9.17, 15) is 9.59 Å². The molecule has 1 aromatic carbocycles. The van der Waals surface area contributed by atoms with Gasteiger partial charge in [-0.3, -0.25) is 19.7 Å². The standard InChI is InChI=1S/C19H20N6O2/c1-11-22-17(24-23-11)14-9-25(10-15(14)18(26)20-2)19(27)13-5-6-16-12(8-13)4-3-7-21-16/h3-8,14-15H,9-10H2,1-2H3,(H,20,26)(H,22,23,24)/t14-,15-/m1/s1. The lowest BCUT2D eigenvalue weighted by atomic mass is 9.94. The topological polar surface area (TPSA) is 104 Å². The molecule has 1 saturated heterocycles. The summed E-state index contributed by atoms with van der Waals surface area (Å²) in [7, 11) is 1.60. The Morgan fingerprint density at radius 3 is 2.85 bits per heavy atom. The number of likely N-dealkylation sites (tertiary alicyclic amines) is 1. The fourth-order valence-corrected chi connectivity index (χ4v) is 3.60. The minimum absolute atomic E-state index is 0.107. The van der Waals surface area contributed by atoms with Crippen LogP contribution in [0.3, 0.4) is 0 Å². The highest BCUT2D eigenvalue weighted by molar-refractivity contribution is 5.98. The van der Waals surface area contributed by atoms with E-state index in [-0.39, 0.29) is 23.7 Å². The van der Waals surface area contributed by atoms with Crippen molar-refractivity contribution in [1.29, 1.82) is 0 Å². The third-order valence-electron chi connectivity index (χ3n) is 4.99. The van der Waals surface area contributed by atoms with Gasteiger partial charge >= 0.3 is 0 Å². The molecule has 8 nitrogen and oxygen atoms in total. The van der Waals surface area contributed by atoms with Crippen LogP contribution < -0.4 is 5.32 Å². The second-order valence-corrected chi connectivity index (χ2v) is 6.73. The van der Waals surface area contributed by atoms with E-state index < -0.39 is 0 Å². The first-order chi connectivity index (χ1) is 13.1. The van der Waals surface area contributed by atoms with Gasteiger partial charge in [-0.1, -0.05) is 6.07 Å². The lowest BCUT2D eigenvalue weighted by Gasteiger charge is -2.16. The maximum Gasteiger partial charge on any atom is 0.253 e. The zero-order chi connectivity index (χ0) is 19.0. The second kappa shape index (κ2) is 6.79. The van der Waals surface area contributed by atoms with Crippen molar-refractivity contribution in [2.24, 2.45) is 5.92 Å².